The van der Waals surface area contributed by atoms with Crippen LogP contribution in [-0.4, -0.2) is 18.2 Å². The first kappa shape index (κ1) is 11.8. The molecule has 0 heterocycles. The SMILES string of the molecule is CC=NC(C)=C(CC)C(=O)CC=N. The standard InChI is InChI=1S/C10H16N2O/c1-4-9(8(3)12-5-2)10(13)6-7-11/h5,7,11H,4,6H2,1-3H3. The molecule has 3 nitrogen and oxygen atoms in total. The highest BCUT2D eigenvalue weighted by Crippen LogP contribution is 2.11. The first-order valence-electron chi connectivity index (χ1n) is 4.37. The molecule has 13 heavy (non-hydrogen) atoms. The number of carbonyl (C=O) groups is 1. The van der Waals surface area contributed by atoms with Gasteiger partial charge in [-0.2, -0.15) is 0 Å². The zero-order valence-electron chi connectivity index (χ0n) is 8.42. The summed E-state index contributed by atoms with van der Waals surface area (Å²) < 4.78 is 0. The molecule has 0 aromatic carbocycles. The van der Waals surface area contributed by atoms with E-state index in [1.54, 1.807) is 6.21 Å². The second-order valence-corrected chi connectivity index (χ2v) is 2.64. The van der Waals surface area contributed by atoms with Gasteiger partial charge in [0.2, 0.25) is 0 Å². The summed E-state index contributed by atoms with van der Waals surface area (Å²) in [6.45, 7) is 5.56. The van der Waals surface area contributed by atoms with E-state index < -0.39 is 0 Å². The molecule has 0 saturated heterocycles. The maximum atomic E-state index is 11.4. The Balaban J connectivity index is 4.75. The van der Waals surface area contributed by atoms with Crippen LogP contribution in [0, 0.1) is 5.41 Å². The average Bonchev–Trinajstić information content (AvgIpc) is 2.06. The van der Waals surface area contributed by atoms with Gasteiger partial charge in [0.05, 0.1) is 0 Å². The van der Waals surface area contributed by atoms with Gasteiger partial charge in [-0.3, -0.25) is 9.79 Å². The van der Waals surface area contributed by atoms with Gasteiger partial charge in [0, 0.05) is 30.1 Å². The third-order valence-corrected chi connectivity index (χ3v) is 1.74. The quantitative estimate of drug-likeness (QED) is 0.512. The molecule has 0 atom stereocenters. The van der Waals surface area contributed by atoms with Gasteiger partial charge in [-0.1, -0.05) is 6.92 Å². The summed E-state index contributed by atoms with van der Waals surface area (Å²) in [6.07, 6.45) is 3.65. The molecule has 0 aromatic rings. The fraction of sp³-hybridized carbons (Fsp3) is 0.500. The van der Waals surface area contributed by atoms with Crippen LogP contribution in [0.4, 0.5) is 0 Å². The Kier molecular flexibility index (Phi) is 5.68. The van der Waals surface area contributed by atoms with Crippen LogP contribution in [0.1, 0.15) is 33.6 Å². The second-order valence-electron chi connectivity index (χ2n) is 2.64. The Labute approximate surface area is 79.1 Å². The lowest BCUT2D eigenvalue weighted by molar-refractivity contribution is -0.114. The topological polar surface area (TPSA) is 53.3 Å². The number of rotatable bonds is 5. The summed E-state index contributed by atoms with van der Waals surface area (Å²) in [5.74, 6) is 0.000556. The van der Waals surface area contributed by atoms with Crippen LogP contribution in [0.15, 0.2) is 16.3 Å². The molecule has 0 rings (SSSR count). The van der Waals surface area contributed by atoms with E-state index in [4.69, 9.17) is 5.41 Å². The van der Waals surface area contributed by atoms with E-state index in [9.17, 15) is 4.79 Å². The minimum Gasteiger partial charge on any atom is -0.313 e. The molecule has 0 spiro atoms. The molecule has 1 N–H and O–H groups in total. The molecule has 0 aliphatic rings. The summed E-state index contributed by atoms with van der Waals surface area (Å²) >= 11 is 0. The van der Waals surface area contributed by atoms with Gasteiger partial charge in [-0.15, -0.1) is 0 Å². The van der Waals surface area contributed by atoms with Crippen LogP contribution in [0.25, 0.3) is 0 Å². The highest BCUT2D eigenvalue weighted by molar-refractivity contribution is 6.03. The van der Waals surface area contributed by atoms with E-state index in [1.165, 1.54) is 0 Å². The molecule has 0 amide bonds. The van der Waals surface area contributed by atoms with Gasteiger partial charge < -0.3 is 5.41 Å². The van der Waals surface area contributed by atoms with Gasteiger partial charge >= 0.3 is 0 Å². The summed E-state index contributed by atoms with van der Waals surface area (Å²) in [7, 11) is 0. The molecule has 0 aliphatic heterocycles. The van der Waals surface area contributed by atoms with Crippen molar-refractivity contribution in [1.82, 2.24) is 0 Å². The number of Topliss-reactive ketones (excluding diaryl/α,β-unsaturated/α-hetero) is 1. The molecule has 72 valence electrons. The van der Waals surface area contributed by atoms with Gasteiger partial charge in [0.15, 0.2) is 5.78 Å². The van der Waals surface area contributed by atoms with Crippen molar-refractivity contribution in [2.75, 3.05) is 0 Å². The smallest absolute Gasteiger partial charge is 0.165 e. The Hall–Kier alpha value is -1.25. The van der Waals surface area contributed by atoms with Gasteiger partial charge in [-0.05, 0) is 20.3 Å². The van der Waals surface area contributed by atoms with Crippen LogP contribution in [0.5, 0.6) is 0 Å². The summed E-state index contributed by atoms with van der Waals surface area (Å²) in [6, 6.07) is 0. The molecule has 0 fully saturated rings. The third-order valence-electron chi connectivity index (χ3n) is 1.74. The van der Waals surface area contributed by atoms with Gasteiger partial charge in [-0.25, -0.2) is 0 Å². The van der Waals surface area contributed by atoms with Gasteiger partial charge in [0.25, 0.3) is 0 Å². The number of aliphatic imine (C=N–C) groups is 1. The number of ketones is 1. The molecule has 0 saturated carbocycles. The van der Waals surface area contributed by atoms with Crippen LogP contribution >= 0.6 is 0 Å². The number of allylic oxidation sites excluding steroid dienone is 2. The predicted octanol–water partition coefficient (Wildman–Crippen LogP) is 2.37. The summed E-state index contributed by atoms with van der Waals surface area (Å²) in [4.78, 5) is 15.5. The fourth-order valence-corrected chi connectivity index (χ4v) is 1.14. The van der Waals surface area contributed by atoms with E-state index in [-0.39, 0.29) is 12.2 Å². The minimum atomic E-state index is 0.000556. The monoisotopic (exact) mass is 180 g/mol. The molecular weight excluding hydrogens is 164 g/mol. The van der Waals surface area contributed by atoms with Crippen molar-refractivity contribution >= 4 is 18.2 Å². The van der Waals surface area contributed by atoms with Crippen LogP contribution < -0.4 is 0 Å². The lowest BCUT2D eigenvalue weighted by Gasteiger charge is -2.03. The molecule has 0 radical (unpaired) electrons. The molecule has 0 aliphatic carbocycles. The lowest BCUT2D eigenvalue weighted by atomic mass is 10.0. The first-order chi connectivity index (χ1) is 6.17. The summed E-state index contributed by atoms with van der Waals surface area (Å²) in [5.41, 5.74) is 1.48. The lowest BCUT2D eigenvalue weighted by Crippen LogP contribution is -2.04. The van der Waals surface area contributed by atoms with Crippen LogP contribution in [-0.2, 0) is 4.79 Å². The zero-order valence-corrected chi connectivity index (χ0v) is 8.42. The molecular formula is C10H16N2O. The largest absolute Gasteiger partial charge is 0.313 e. The Bertz CT molecular complexity index is 252. The minimum absolute atomic E-state index is 0.000556. The third kappa shape index (κ3) is 3.78. The predicted molar refractivity (Wildman–Crippen MR) is 55.6 cm³/mol. The number of hydrogen-bond donors (Lipinski definition) is 1. The molecule has 0 unspecified atom stereocenters. The Morgan fingerprint density at radius 1 is 1.54 bits per heavy atom. The number of nitrogens with one attached hydrogen (secondary N) is 1. The molecule has 0 aromatic heterocycles. The van der Waals surface area contributed by atoms with Crippen molar-refractivity contribution in [3.63, 3.8) is 0 Å². The normalized spacial score (nSPS) is 12.8. The molecule has 0 bridgehead atoms. The number of nitrogens with zero attached hydrogens (tertiary/aromatic N) is 1. The van der Waals surface area contributed by atoms with Crippen molar-refractivity contribution in [1.29, 1.82) is 5.41 Å². The van der Waals surface area contributed by atoms with Crippen molar-refractivity contribution < 1.29 is 4.79 Å². The highest BCUT2D eigenvalue weighted by atomic mass is 16.1. The van der Waals surface area contributed by atoms with E-state index in [0.717, 1.165) is 17.5 Å². The Morgan fingerprint density at radius 3 is 2.54 bits per heavy atom. The second kappa shape index (κ2) is 6.29. The maximum Gasteiger partial charge on any atom is 0.165 e. The first-order valence-corrected chi connectivity index (χ1v) is 4.37. The average molecular weight is 180 g/mol. The van der Waals surface area contributed by atoms with Crippen molar-refractivity contribution in [3.05, 3.63) is 11.3 Å². The fourth-order valence-electron chi connectivity index (χ4n) is 1.14. The van der Waals surface area contributed by atoms with Crippen molar-refractivity contribution in [2.24, 2.45) is 4.99 Å². The van der Waals surface area contributed by atoms with E-state index in [0.29, 0.717) is 6.42 Å². The van der Waals surface area contributed by atoms with E-state index in [1.807, 2.05) is 20.8 Å². The Morgan fingerprint density at radius 2 is 2.15 bits per heavy atom. The maximum absolute atomic E-state index is 11.4. The van der Waals surface area contributed by atoms with Crippen molar-refractivity contribution in [2.45, 2.75) is 33.6 Å². The van der Waals surface area contributed by atoms with E-state index >= 15 is 0 Å². The zero-order chi connectivity index (χ0) is 10.3. The van der Waals surface area contributed by atoms with Crippen molar-refractivity contribution in [3.8, 4) is 0 Å². The van der Waals surface area contributed by atoms with E-state index in [2.05, 4.69) is 4.99 Å². The number of carbonyl (C=O) groups excluding carboxylic acids is 1. The van der Waals surface area contributed by atoms with Gasteiger partial charge in [0.1, 0.15) is 0 Å². The highest BCUT2D eigenvalue weighted by Gasteiger charge is 2.08. The molecule has 3 heteroatoms. The van der Waals surface area contributed by atoms with Crippen LogP contribution in [0.2, 0.25) is 0 Å². The number of hydrogen-bond acceptors (Lipinski definition) is 3. The van der Waals surface area contributed by atoms with Crippen LogP contribution in [0.3, 0.4) is 0 Å². The summed E-state index contributed by atoms with van der Waals surface area (Å²) in [5, 5.41) is 6.84.